The Morgan fingerprint density at radius 1 is 1.09 bits per heavy atom. The van der Waals surface area contributed by atoms with E-state index in [-0.39, 0.29) is 11.8 Å². The zero-order valence-corrected chi connectivity index (χ0v) is 18.9. The largest absolute Gasteiger partial charge is 0.495 e. The van der Waals surface area contributed by atoms with E-state index in [2.05, 4.69) is 15.3 Å². The molecule has 1 heterocycles. The van der Waals surface area contributed by atoms with Crippen molar-refractivity contribution in [2.75, 3.05) is 30.1 Å². The zero-order chi connectivity index (χ0) is 23.7. The summed E-state index contributed by atoms with van der Waals surface area (Å²) in [7, 11) is 3.15. The SMILES string of the molecule is COc1cc(C(=O)N(C)c2ccc(C)cc2N)ccc1NC(=O)c1cccc2[nH]c(C)nc12. The second-order valence-electron chi connectivity index (χ2n) is 7.82. The summed E-state index contributed by atoms with van der Waals surface area (Å²) in [5.41, 5.74) is 10.9. The van der Waals surface area contributed by atoms with E-state index in [0.29, 0.717) is 39.5 Å². The van der Waals surface area contributed by atoms with Crippen molar-refractivity contribution in [2.45, 2.75) is 13.8 Å². The molecule has 4 rings (SSSR count). The van der Waals surface area contributed by atoms with Crippen molar-refractivity contribution in [1.82, 2.24) is 9.97 Å². The number of aromatic nitrogens is 2. The molecule has 0 fully saturated rings. The summed E-state index contributed by atoms with van der Waals surface area (Å²) in [5.74, 6) is 0.515. The van der Waals surface area contributed by atoms with Gasteiger partial charge in [-0.15, -0.1) is 0 Å². The van der Waals surface area contributed by atoms with E-state index >= 15 is 0 Å². The molecule has 0 saturated carbocycles. The molecule has 0 radical (unpaired) electrons. The molecular weight excluding hydrogens is 418 g/mol. The minimum atomic E-state index is -0.325. The number of nitrogens with zero attached hydrogens (tertiary/aromatic N) is 2. The Morgan fingerprint density at radius 2 is 1.88 bits per heavy atom. The molecule has 1 aromatic heterocycles. The van der Waals surface area contributed by atoms with Gasteiger partial charge >= 0.3 is 0 Å². The van der Waals surface area contributed by atoms with Crippen LogP contribution in [0.2, 0.25) is 0 Å². The second kappa shape index (κ2) is 8.66. The van der Waals surface area contributed by atoms with Crippen LogP contribution in [0, 0.1) is 13.8 Å². The summed E-state index contributed by atoms with van der Waals surface area (Å²) in [5, 5.41) is 2.86. The number of nitrogens with one attached hydrogen (secondary N) is 2. The van der Waals surface area contributed by atoms with Crippen LogP contribution in [-0.4, -0.2) is 35.9 Å². The highest BCUT2D eigenvalue weighted by atomic mass is 16.5. The number of aromatic amines is 1. The van der Waals surface area contributed by atoms with Crippen LogP contribution in [0.15, 0.2) is 54.6 Å². The maximum absolute atomic E-state index is 13.1. The van der Waals surface area contributed by atoms with E-state index in [1.807, 2.05) is 38.1 Å². The molecular formula is C25H25N5O3. The Labute approximate surface area is 191 Å². The van der Waals surface area contributed by atoms with Crippen molar-refractivity contribution in [3.63, 3.8) is 0 Å². The van der Waals surface area contributed by atoms with Crippen molar-refractivity contribution < 1.29 is 14.3 Å². The molecule has 8 heteroatoms. The molecule has 4 N–H and O–H groups in total. The van der Waals surface area contributed by atoms with Gasteiger partial charge in [-0.1, -0.05) is 12.1 Å². The highest BCUT2D eigenvalue weighted by Crippen LogP contribution is 2.29. The van der Waals surface area contributed by atoms with Crippen LogP contribution in [0.5, 0.6) is 5.75 Å². The van der Waals surface area contributed by atoms with E-state index < -0.39 is 0 Å². The monoisotopic (exact) mass is 443 g/mol. The van der Waals surface area contributed by atoms with E-state index in [0.717, 1.165) is 16.9 Å². The lowest BCUT2D eigenvalue weighted by molar-refractivity contribution is 0.0991. The number of carbonyl (C=O) groups is 2. The molecule has 0 spiro atoms. The van der Waals surface area contributed by atoms with Crippen molar-refractivity contribution in [3.8, 4) is 5.75 Å². The third-order valence-corrected chi connectivity index (χ3v) is 5.42. The van der Waals surface area contributed by atoms with Crippen molar-refractivity contribution in [1.29, 1.82) is 0 Å². The Kier molecular flexibility index (Phi) is 5.74. The van der Waals surface area contributed by atoms with Gasteiger partial charge in [-0.3, -0.25) is 9.59 Å². The molecule has 0 saturated heterocycles. The number of anilines is 3. The van der Waals surface area contributed by atoms with Gasteiger partial charge in [0.1, 0.15) is 17.1 Å². The number of aryl methyl sites for hydroxylation is 2. The second-order valence-corrected chi connectivity index (χ2v) is 7.82. The molecule has 0 aliphatic rings. The van der Waals surface area contributed by atoms with Gasteiger partial charge in [0.05, 0.1) is 35.3 Å². The molecule has 0 bridgehead atoms. The van der Waals surface area contributed by atoms with Crippen LogP contribution < -0.4 is 20.7 Å². The van der Waals surface area contributed by atoms with Crippen molar-refractivity contribution in [2.24, 2.45) is 0 Å². The quantitative estimate of drug-likeness (QED) is 0.398. The van der Waals surface area contributed by atoms with Gasteiger partial charge in [0, 0.05) is 12.6 Å². The number of imidazole rings is 1. The number of fused-ring (bicyclic) bond motifs is 1. The van der Waals surface area contributed by atoms with Gasteiger partial charge in [0.2, 0.25) is 0 Å². The molecule has 2 amide bonds. The van der Waals surface area contributed by atoms with Gasteiger partial charge < -0.3 is 25.7 Å². The first-order chi connectivity index (χ1) is 15.8. The molecule has 0 unspecified atom stereocenters. The maximum atomic E-state index is 13.1. The first-order valence-corrected chi connectivity index (χ1v) is 10.4. The van der Waals surface area contributed by atoms with Crippen LogP contribution in [0.3, 0.4) is 0 Å². The number of rotatable bonds is 5. The maximum Gasteiger partial charge on any atom is 0.258 e. The highest BCUT2D eigenvalue weighted by molar-refractivity contribution is 6.12. The van der Waals surface area contributed by atoms with E-state index in [1.54, 1.807) is 37.4 Å². The summed E-state index contributed by atoms with van der Waals surface area (Å²) in [6, 6.07) is 15.8. The number of nitrogen functional groups attached to an aromatic ring is 1. The zero-order valence-electron chi connectivity index (χ0n) is 18.9. The first kappa shape index (κ1) is 21.9. The first-order valence-electron chi connectivity index (χ1n) is 10.4. The number of carbonyl (C=O) groups excluding carboxylic acids is 2. The van der Waals surface area contributed by atoms with E-state index in [9.17, 15) is 9.59 Å². The van der Waals surface area contributed by atoms with Gasteiger partial charge in [-0.05, 0) is 61.9 Å². The Hall–Kier alpha value is -4.33. The Bertz CT molecular complexity index is 1380. The molecule has 8 nitrogen and oxygen atoms in total. The average molecular weight is 444 g/mol. The summed E-state index contributed by atoms with van der Waals surface area (Å²) in [4.78, 5) is 35.1. The lowest BCUT2D eigenvalue weighted by Gasteiger charge is -2.20. The minimum absolute atomic E-state index is 0.251. The van der Waals surface area contributed by atoms with Crippen LogP contribution >= 0.6 is 0 Å². The van der Waals surface area contributed by atoms with E-state index in [1.165, 1.54) is 12.0 Å². The molecule has 0 aliphatic carbocycles. The minimum Gasteiger partial charge on any atom is -0.495 e. The van der Waals surface area contributed by atoms with Gasteiger partial charge in [-0.2, -0.15) is 0 Å². The Balaban J connectivity index is 1.60. The summed E-state index contributed by atoms with van der Waals surface area (Å²) < 4.78 is 5.46. The number of ether oxygens (including phenoxy) is 1. The standard InChI is InChI=1S/C25H25N5O3/c1-14-8-11-21(18(26)12-14)30(3)25(32)16-9-10-19(22(13-16)33-4)29-24(31)17-6-5-7-20-23(17)28-15(2)27-20/h5-13H,26H2,1-4H3,(H,27,28)(H,29,31). The fourth-order valence-corrected chi connectivity index (χ4v) is 3.74. The highest BCUT2D eigenvalue weighted by Gasteiger charge is 2.19. The van der Waals surface area contributed by atoms with Crippen LogP contribution in [-0.2, 0) is 0 Å². The normalized spacial score (nSPS) is 10.8. The third kappa shape index (κ3) is 4.23. The predicted molar refractivity (Wildman–Crippen MR) is 130 cm³/mol. The van der Waals surface area contributed by atoms with E-state index in [4.69, 9.17) is 10.5 Å². The van der Waals surface area contributed by atoms with Gasteiger partial charge in [-0.25, -0.2) is 4.98 Å². The number of para-hydroxylation sites is 1. The smallest absolute Gasteiger partial charge is 0.258 e. The molecule has 0 atom stereocenters. The lowest BCUT2D eigenvalue weighted by Crippen LogP contribution is -2.27. The third-order valence-electron chi connectivity index (χ3n) is 5.42. The predicted octanol–water partition coefficient (Wildman–Crippen LogP) is 4.30. The number of nitrogens with two attached hydrogens (primary N) is 1. The molecule has 4 aromatic rings. The Morgan fingerprint density at radius 3 is 2.61 bits per heavy atom. The van der Waals surface area contributed by atoms with Gasteiger partial charge in [0.25, 0.3) is 11.8 Å². The van der Waals surface area contributed by atoms with Gasteiger partial charge in [0.15, 0.2) is 0 Å². The van der Waals surface area contributed by atoms with Crippen LogP contribution in [0.25, 0.3) is 11.0 Å². The molecule has 3 aromatic carbocycles. The number of methoxy groups -OCH3 is 1. The van der Waals surface area contributed by atoms with Crippen LogP contribution in [0.4, 0.5) is 17.1 Å². The summed E-state index contributed by atoms with van der Waals surface area (Å²) in [6.07, 6.45) is 0. The summed E-state index contributed by atoms with van der Waals surface area (Å²) >= 11 is 0. The molecule has 33 heavy (non-hydrogen) atoms. The number of amides is 2. The average Bonchev–Trinajstić information content (AvgIpc) is 3.18. The topological polar surface area (TPSA) is 113 Å². The summed E-state index contributed by atoms with van der Waals surface area (Å²) in [6.45, 7) is 3.77. The lowest BCUT2D eigenvalue weighted by atomic mass is 10.1. The fraction of sp³-hybridized carbons (Fsp3) is 0.160. The number of hydrogen-bond acceptors (Lipinski definition) is 5. The van der Waals surface area contributed by atoms with Crippen molar-refractivity contribution >= 4 is 39.9 Å². The number of H-pyrrole nitrogens is 1. The molecule has 168 valence electrons. The van der Waals surface area contributed by atoms with Crippen molar-refractivity contribution in [3.05, 3.63) is 77.1 Å². The van der Waals surface area contributed by atoms with Crippen LogP contribution in [0.1, 0.15) is 32.1 Å². The fourth-order valence-electron chi connectivity index (χ4n) is 3.74. The molecule has 0 aliphatic heterocycles. The number of hydrogen-bond donors (Lipinski definition) is 3. The number of benzene rings is 3.